The molecule has 1 aliphatic rings. The van der Waals surface area contributed by atoms with E-state index in [1.807, 2.05) is 30.3 Å². The number of carbonyl (C=O) groups is 2. The van der Waals surface area contributed by atoms with E-state index in [4.69, 9.17) is 11.6 Å². The van der Waals surface area contributed by atoms with E-state index in [2.05, 4.69) is 0 Å². The third kappa shape index (κ3) is 3.44. The second-order valence-electron chi connectivity index (χ2n) is 6.09. The smallest absolute Gasteiger partial charge is 0.259 e. The summed E-state index contributed by atoms with van der Waals surface area (Å²) in [5, 5.41) is 11.9. The van der Waals surface area contributed by atoms with Gasteiger partial charge in [0.15, 0.2) is 0 Å². The molecule has 0 aliphatic carbocycles. The molecular weight excluding hydrogens is 382 g/mol. The number of nitrogens with zero attached hydrogens (tertiary/aromatic N) is 1. The zero-order valence-electron chi connectivity index (χ0n) is 14.0. The minimum Gasteiger partial charge on any atom is -0.545 e. The second kappa shape index (κ2) is 7.10. The van der Waals surface area contributed by atoms with Gasteiger partial charge in [-0.2, -0.15) is 0 Å². The Hall–Kier alpha value is -2.76. The summed E-state index contributed by atoms with van der Waals surface area (Å²) in [5.41, 5.74) is 2.01. The Morgan fingerprint density at radius 2 is 1.81 bits per heavy atom. The molecule has 3 aromatic carbocycles. The number of carboxylic acid groups (broad SMARTS) is 1. The lowest BCUT2D eigenvalue weighted by molar-refractivity contribution is -0.255. The third-order valence-corrected chi connectivity index (χ3v) is 5.67. The van der Waals surface area contributed by atoms with Crippen molar-refractivity contribution in [2.45, 2.75) is 16.3 Å². The van der Waals surface area contributed by atoms with Gasteiger partial charge >= 0.3 is 0 Å². The fourth-order valence-corrected chi connectivity index (χ4v) is 4.29. The molecule has 0 spiro atoms. The first-order valence-corrected chi connectivity index (χ1v) is 9.41. The Labute approximate surface area is 165 Å². The highest BCUT2D eigenvalue weighted by atomic mass is 35.5. The number of amides is 1. The number of carboxylic acids is 1. The molecular formula is C21H13ClNO3S-. The monoisotopic (exact) mass is 394 g/mol. The van der Waals surface area contributed by atoms with Crippen LogP contribution in [0.3, 0.4) is 0 Å². The Morgan fingerprint density at radius 3 is 2.59 bits per heavy atom. The van der Waals surface area contributed by atoms with Gasteiger partial charge in [0.05, 0.1) is 23.8 Å². The lowest BCUT2D eigenvalue weighted by Gasteiger charge is -2.24. The molecule has 0 unspecified atom stereocenters. The van der Waals surface area contributed by atoms with Crippen LogP contribution in [0.1, 0.15) is 26.3 Å². The molecule has 1 aliphatic heterocycles. The van der Waals surface area contributed by atoms with Crippen molar-refractivity contribution in [3.8, 4) is 0 Å². The molecule has 0 N–H and O–H groups in total. The van der Waals surface area contributed by atoms with E-state index in [1.165, 1.54) is 23.9 Å². The highest BCUT2D eigenvalue weighted by Crippen LogP contribution is 2.42. The molecule has 0 aromatic heterocycles. The quantitative estimate of drug-likeness (QED) is 0.673. The van der Waals surface area contributed by atoms with Crippen LogP contribution < -0.4 is 10.0 Å². The normalized spacial score (nSPS) is 12.9. The van der Waals surface area contributed by atoms with Crippen LogP contribution in [0, 0.1) is 0 Å². The Kier molecular flexibility index (Phi) is 4.64. The van der Waals surface area contributed by atoms with E-state index < -0.39 is 5.97 Å². The van der Waals surface area contributed by atoms with Crippen LogP contribution in [-0.2, 0) is 6.54 Å². The highest BCUT2D eigenvalue weighted by Gasteiger charge is 2.27. The van der Waals surface area contributed by atoms with Crippen molar-refractivity contribution in [2.24, 2.45) is 0 Å². The molecule has 0 saturated heterocycles. The SMILES string of the molecule is O=C([O-])c1ccc2c(c1)N(Cc1cccc(Cl)c1)C(=O)c1ccccc1S2. The lowest BCUT2D eigenvalue weighted by atomic mass is 10.1. The van der Waals surface area contributed by atoms with E-state index in [0.717, 1.165) is 15.4 Å². The third-order valence-electron chi connectivity index (χ3n) is 4.30. The zero-order chi connectivity index (χ0) is 19.0. The predicted molar refractivity (Wildman–Crippen MR) is 103 cm³/mol. The van der Waals surface area contributed by atoms with Crippen molar-refractivity contribution in [3.05, 3.63) is 88.4 Å². The number of carbonyl (C=O) groups excluding carboxylic acids is 2. The first-order valence-electron chi connectivity index (χ1n) is 8.21. The molecule has 0 saturated carbocycles. The number of fused-ring (bicyclic) bond motifs is 2. The standard InChI is InChI=1S/C21H14ClNO3S/c22-15-5-3-4-13(10-15)12-23-17-11-14(21(25)26)8-9-19(17)27-18-7-2-1-6-16(18)20(23)24/h1-11H,12H2,(H,25,26)/p-1. The van der Waals surface area contributed by atoms with Gasteiger partial charge in [-0.25, -0.2) is 0 Å². The fourth-order valence-electron chi connectivity index (χ4n) is 3.02. The number of anilines is 1. The van der Waals surface area contributed by atoms with E-state index in [0.29, 0.717) is 16.3 Å². The number of hydrogen-bond acceptors (Lipinski definition) is 4. The molecule has 1 heterocycles. The van der Waals surface area contributed by atoms with Gasteiger partial charge in [-0.3, -0.25) is 4.79 Å². The maximum absolute atomic E-state index is 13.3. The van der Waals surface area contributed by atoms with Crippen molar-refractivity contribution in [3.63, 3.8) is 0 Å². The summed E-state index contributed by atoms with van der Waals surface area (Å²) in [4.78, 5) is 27.9. The van der Waals surface area contributed by atoms with Crippen molar-refractivity contribution in [2.75, 3.05) is 4.90 Å². The number of rotatable bonds is 3. The summed E-state index contributed by atoms with van der Waals surface area (Å²) < 4.78 is 0. The summed E-state index contributed by atoms with van der Waals surface area (Å²) in [5.74, 6) is -1.47. The Bertz CT molecular complexity index is 1070. The second-order valence-corrected chi connectivity index (χ2v) is 7.61. The van der Waals surface area contributed by atoms with E-state index in [9.17, 15) is 14.7 Å². The van der Waals surface area contributed by atoms with Crippen LogP contribution in [0.25, 0.3) is 0 Å². The van der Waals surface area contributed by atoms with Crippen LogP contribution in [0.4, 0.5) is 5.69 Å². The molecule has 0 radical (unpaired) electrons. The summed E-state index contributed by atoms with van der Waals surface area (Å²) >= 11 is 7.53. The first-order chi connectivity index (χ1) is 13.0. The van der Waals surface area contributed by atoms with Crippen LogP contribution >= 0.6 is 23.4 Å². The summed E-state index contributed by atoms with van der Waals surface area (Å²) in [7, 11) is 0. The van der Waals surface area contributed by atoms with Gasteiger partial charge in [0.25, 0.3) is 5.91 Å². The number of aromatic carboxylic acids is 1. The molecule has 0 atom stereocenters. The van der Waals surface area contributed by atoms with Crippen LogP contribution in [-0.4, -0.2) is 11.9 Å². The van der Waals surface area contributed by atoms with Crippen molar-refractivity contribution in [1.29, 1.82) is 0 Å². The maximum atomic E-state index is 13.3. The van der Waals surface area contributed by atoms with Gasteiger partial charge in [0.2, 0.25) is 0 Å². The summed E-state index contributed by atoms with van der Waals surface area (Å²) in [6.45, 7) is 0.276. The van der Waals surface area contributed by atoms with Gasteiger partial charge in [0, 0.05) is 14.8 Å². The predicted octanol–water partition coefficient (Wildman–Crippen LogP) is 4.02. The first kappa shape index (κ1) is 17.6. The minimum absolute atomic E-state index is 0.0317. The zero-order valence-corrected chi connectivity index (χ0v) is 15.6. The average Bonchev–Trinajstić information content (AvgIpc) is 2.77. The fraction of sp³-hybridized carbons (Fsp3) is 0.0476. The van der Waals surface area contributed by atoms with Gasteiger partial charge in [0.1, 0.15) is 0 Å². The van der Waals surface area contributed by atoms with Crippen molar-refractivity contribution >= 4 is 40.9 Å². The van der Waals surface area contributed by atoms with Crippen molar-refractivity contribution < 1.29 is 14.7 Å². The Morgan fingerprint density at radius 1 is 1.00 bits per heavy atom. The Balaban J connectivity index is 1.87. The molecule has 4 rings (SSSR count). The largest absolute Gasteiger partial charge is 0.545 e. The molecule has 27 heavy (non-hydrogen) atoms. The van der Waals surface area contributed by atoms with Gasteiger partial charge < -0.3 is 14.8 Å². The summed E-state index contributed by atoms with van der Waals surface area (Å²) in [6.07, 6.45) is 0. The van der Waals surface area contributed by atoms with E-state index >= 15 is 0 Å². The van der Waals surface area contributed by atoms with E-state index in [1.54, 1.807) is 29.2 Å². The van der Waals surface area contributed by atoms with Crippen LogP contribution in [0.5, 0.6) is 0 Å². The molecule has 4 nitrogen and oxygen atoms in total. The highest BCUT2D eigenvalue weighted by molar-refractivity contribution is 7.99. The van der Waals surface area contributed by atoms with Gasteiger partial charge in [-0.15, -0.1) is 0 Å². The topological polar surface area (TPSA) is 60.4 Å². The molecule has 134 valence electrons. The molecule has 1 amide bonds. The average molecular weight is 395 g/mol. The summed E-state index contributed by atoms with van der Waals surface area (Å²) in [6, 6.07) is 19.3. The van der Waals surface area contributed by atoms with Crippen LogP contribution in [0.2, 0.25) is 5.02 Å². The van der Waals surface area contributed by atoms with Gasteiger partial charge in [-0.05, 0) is 47.5 Å². The van der Waals surface area contributed by atoms with Gasteiger partial charge in [-0.1, -0.05) is 53.7 Å². The molecule has 0 fully saturated rings. The molecule has 0 bridgehead atoms. The lowest BCUT2D eigenvalue weighted by Crippen LogP contribution is -2.31. The minimum atomic E-state index is -1.28. The van der Waals surface area contributed by atoms with Crippen molar-refractivity contribution in [1.82, 2.24) is 0 Å². The number of hydrogen-bond donors (Lipinski definition) is 0. The molecule has 6 heteroatoms. The van der Waals surface area contributed by atoms with Crippen LogP contribution in [0.15, 0.2) is 76.5 Å². The number of halogens is 1. The van der Waals surface area contributed by atoms with E-state index in [-0.39, 0.29) is 18.0 Å². The molecule has 3 aromatic rings. The maximum Gasteiger partial charge on any atom is 0.259 e. The number of benzene rings is 3.